The zero-order chi connectivity index (χ0) is 13.7. The van der Waals surface area contributed by atoms with E-state index in [9.17, 15) is 4.79 Å². The summed E-state index contributed by atoms with van der Waals surface area (Å²) in [6.45, 7) is 3.30. The molecule has 0 unspecified atom stereocenters. The third-order valence-corrected chi connectivity index (χ3v) is 4.90. The molecular formula is C15H20N2OS. The highest BCUT2D eigenvalue weighted by Gasteiger charge is 2.35. The molecule has 0 aliphatic heterocycles. The predicted molar refractivity (Wildman–Crippen MR) is 79.2 cm³/mol. The summed E-state index contributed by atoms with van der Waals surface area (Å²) in [6, 6.07) is 1.88. The van der Waals surface area contributed by atoms with E-state index in [2.05, 4.69) is 24.1 Å². The van der Waals surface area contributed by atoms with Crippen molar-refractivity contribution in [3.63, 3.8) is 0 Å². The van der Waals surface area contributed by atoms with Crippen LogP contribution in [0.2, 0.25) is 0 Å². The fourth-order valence-electron chi connectivity index (χ4n) is 2.41. The Morgan fingerprint density at radius 3 is 2.95 bits per heavy atom. The van der Waals surface area contributed by atoms with Crippen molar-refractivity contribution in [2.45, 2.75) is 32.6 Å². The minimum absolute atomic E-state index is 0.00366. The van der Waals surface area contributed by atoms with E-state index in [0.29, 0.717) is 16.8 Å². The maximum absolute atomic E-state index is 12.2. The number of amides is 1. The van der Waals surface area contributed by atoms with Crippen LogP contribution in [0.15, 0.2) is 11.4 Å². The monoisotopic (exact) mass is 276 g/mol. The second-order valence-corrected chi connectivity index (χ2v) is 5.98. The zero-order valence-electron chi connectivity index (χ0n) is 11.3. The van der Waals surface area contributed by atoms with Crippen molar-refractivity contribution in [2.75, 3.05) is 13.1 Å². The van der Waals surface area contributed by atoms with Gasteiger partial charge in [-0.05, 0) is 36.1 Å². The smallest absolute Gasteiger partial charge is 0.262 e. The maximum atomic E-state index is 12.2. The molecule has 0 radical (unpaired) electrons. The van der Waals surface area contributed by atoms with E-state index in [0.717, 1.165) is 18.5 Å². The largest absolute Gasteiger partial charge is 0.351 e. The van der Waals surface area contributed by atoms with Gasteiger partial charge in [0.2, 0.25) is 0 Å². The number of nitrogens with one attached hydrogen (secondary N) is 1. The van der Waals surface area contributed by atoms with E-state index in [4.69, 9.17) is 5.73 Å². The van der Waals surface area contributed by atoms with Crippen LogP contribution in [0.25, 0.3) is 0 Å². The molecule has 1 amide bonds. The Morgan fingerprint density at radius 1 is 1.58 bits per heavy atom. The highest BCUT2D eigenvalue weighted by Crippen LogP contribution is 2.43. The molecule has 1 aliphatic carbocycles. The Morgan fingerprint density at radius 2 is 2.37 bits per heavy atom. The third-order valence-electron chi connectivity index (χ3n) is 3.98. The van der Waals surface area contributed by atoms with Gasteiger partial charge in [-0.25, -0.2) is 0 Å². The van der Waals surface area contributed by atoms with Crippen LogP contribution in [0.5, 0.6) is 0 Å². The highest BCUT2D eigenvalue weighted by atomic mass is 32.1. The molecule has 1 saturated carbocycles. The summed E-state index contributed by atoms with van der Waals surface area (Å²) in [5.74, 6) is 5.74. The van der Waals surface area contributed by atoms with Crippen molar-refractivity contribution in [3.8, 4) is 11.8 Å². The molecule has 3 nitrogen and oxygen atoms in total. The molecule has 0 spiro atoms. The minimum atomic E-state index is -0.00366. The van der Waals surface area contributed by atoms with Crippen LogP contribution in [-0.4, -0.2) is 19.0 Å². The van der Waals surface area contributed by atoms with Gasteiger partial charge in [0.15, 0.2) is 0 Å². The van der Waals surface area contributed by atoms with Gasteiger partial charge >= 0.3 is 0 Å². The number of hydrogen-bond donors (Lipinski definition) is 2. The predicted octanol–water partition coefficient (Wildman–Crippen LogP) is 2.37. The molecule has 0 atom stereocenters. The average Bonchev–Trinajstić information content (AvgIpc) is 2.83. The SMILES string of the molecule is CCC1(CNC(=O)c2sccc2C#CCN)CCC1. The number of carbonyl (C=O) groups excluding carboxylic acids is 1. The molecule has 1 aromatic heterocycles. The summed E-state index contributed by atoms with van der Waals surface area (Å²) in [7, 11) is 0. The first-order valence-corrected chi connectivity index (χ1v) is 7.63. The van der Waals surface area contributed by atoms with Crippen LogP contribution in [0, 0.1) is 17.3 Å². The van der Waals surface area contributed by atoms with Crippen LogP contribution in [0.3, 0.4) is 0 Å². The van der Waals surface area contributed by atoms with Crippen LogP contribution < -0.4 is 11.1 Å². The Kier molecular flexibility index (Phi) is 4.62. The lowest BCUT2D eigenvalue weighted by Crippen LogP contribution is -2.41. The van der Waals surface area contributed by atoms with Crippen molar-refractivity contribution in [2.24, 2.45) is 11.1 Å². The molecule has 2 rings (SSSR count). The van der Waals surface area contributed by atoms with Gasteiger partial charge in [0.25, 0.3) is 5.91 Å². The van der Waals surface area contributed by atoms with Gasteiger partial charge in [-0.3, -0.25) is 4.79 Å². The van der Waals surface area contributed by atoms with Gasteiger partial charge in [-0.2, -0.15) is 0 Å². The normalized spacial score (nSPS) is 16.1. The highest BCUT2D eigenvalue weighted by molar-refractivity contribution is 7.12. The molecule has 1 fully saturated rings. The van der Waals surface area contributed by atoms with Gasteiger partial charge in [0, 0.05) is 12.1 Å². The summed E-state index contributed by atoms with van der Waals surface area (Å²) >= 11 is 1.44. The van der Waals surface area contributed by atoms with E-state index in [-0.39, 0.29) is 5.91 Å². The number of hydrogen-bond acceptors (Lipinski definition) is 3. The maximum Gasteiger partial charge on any atom is 0.262 e. The van der Waals surface area contributed by atoms with Gasteiger partial charge in [-0.15, -0.1) is 11.3 Å². The first-order valence-electron chi connectivity index (χ1n) is 6.75. The second-order valence-electron chi connectivity index (χ2n) is 5.06. The molecule has 1 aromatic rings. The Bertz CT molecular complexity index is 500. The van der Waals surface area contributed by atoms with E-state index in [1.165, 1.54) is 30.6 Å². The van der Waals surface area contributed by atoms with Gasteiger partial charge in [-0.1, -0.05) is 25.2 Å². The van der Waals surface area contributed by atoms with Crippen molar-refractivity contribution >= 4 is 17.2 Å². The van der Waals surface area contributed by atoms with Crippen molar-refractivity contribution in [1.82, 2.24) is 5.32 Å². The lowest BCUT2D eigenvalue weighted by Gasteiger charge is -2.41. The molecule has 1 aliphatic rings. The lowest BCUT2D eigenvalue weighted by molar-refractivity contribution is 0.0853. The van der Waals surface area contributed by atoms with Crippen molar-refractivity contribution in [1.29, 1.82) is 0 Å². The summed E-state index contributed by atoms with van der Waals surface area (Å²) in [5.41, 5.74) is 6.49. The summed E-state index contributed by atoms with van der Waals surface area (Å²) < 4.78 is 0. The number of rotatable bonds is 4. The second kappa shape index (κ2) is 6.23. The van der Waals surface area contributed by atoms with Crippen LogP contribution >= 0.6 is 11.3 Å². The van der Waals surface area contributed by atoms with E-state index in [1.807, 2.05) is 11.4 Å². The molecule has 0 bridgehead atoms. The lowest BCUT2D eigenvalue weighted by atomic mass is 9.67. The molecule has 1 heterocycles. The molecule has 4 heteroatoms. The van der Waals surface area contributed by atoms with E-state index >= 15 is 0 Å². The Labute approximate surface area is 118 Å². The van der Waals surface area contributed by atoms with Gasteiger partial charge < -0.3 is 11.1 Å². The summed E-state index contributed by atoms with van der Waals surface area (Å²) in [4.78, 5) is 12.9. The first kappa shape index (κ1) is 14.1. The molecule has 102 valence electrons. The van der Waals surface area contributed by atoms with Crippen molar-refractivity contribution < 1.29 is 4.79 Å². The molecule has 0 saturated heterocycles. The topological polar surface area (TPSA) is 55.1 Å². The molecule has 3 N–H and O–H groups in total. The van der Waals surface area contributed by atoms with Crippen LogP contribution in [-0.2, 0) is 0 Å². The average molecular weight is 276 g/mol. The van der Waals surface area contributed by atoms with Gasteiger partial charge in [0.1, 0.15) is 4.88 Å². The van der Waals surface area contributed by atoms with E-state index in [1.54, 1.807) is 0 Å². The van der Waals surface area contributed by atoms with Crippen LogP contribution in [0.1, 0.15) is 47.8 Å². The van der Waals surface area contributed by atoms with E-state index < -0.39 is 0 Å². The van der Waals surface area contributed by atoms with Crippen LogP contribution in [0.4, 0.5) is 0 Å². The Balaban J connectivity index is 1.98. The van der Waals surface area contributed by atoms with Gasteiger partial charge in [0.05, 0.1) is 6.54 Å². The fraction of sp³-hybridized carbons (Fsp3) is 0.533. The Hall–Kier alpha value is -1.31. The first-order chi connectivity index (χ1) is 9.21. The standard InChI is InChI=1S/C15H20N2OS/c1-2-15(7-4-8-15)11-17-14(18)13-12(5-3-9-16)6-10-19-13/h6,10H,2,4,7-9,11,16H2,1H3,(H,17,18). The summed E-state index contributed by atoms with van der Waals surface area (Å²) in [6.07, 6.45) is 4.88. The van der Waals surface area contributed by atoms with Crippen molar-refractivity contribution in [3.05, 3.63) is 21.9 Å². The fourth-order valence-corrected chi connectivity index (χ4v) is 3.18. The summed E-state index contributed by atoms with van der Waals surface area (Å²) in [5, 5.41) is 4.97. The zero-order valence-corrected chi connectivity index (χ0v) is 12.1. The molecular weight excluding hydrogens is 256 g/mol. The number of thiophene rings is 1. The molecule has 19 heavy (non-hydrogen) atoms. The third kappa shape index (κ3) is 3.17. The molecule has 0 aromatic carbocycles. The minimum Gasteiger partial charge on any atom is -0.351 e. The number of carbonyl (C=O) groups is 1. The quantitative estimate of drug-likeness (QED) is 0.830. The number of nitrogens with two attached hydrogens (primary N) is 1.